The van der Waals surface area contributed by atoms with Gasteiger partial charge in [0, 0.05) is 10.2 Å². The molecule has 1 saturated heterocycles. The molecule has 4 N–H and O–H groups in total. The third kappa shape index (κ3) is 2.97. The Morgan fingerprint density at radius 1 is 1.12 bits per heavy atom. The van der Waals surface area contributed by atoms with Gasteiger partial charge in [-0.05, 0) is 24.3 Å². The summed E-state index contributed by atoms with van der Waals surface area (Å²) in [5.41, 5.74) is 0.765. The molecule has 0 saturated carbocycles. The maximum absolute atomic E-state index is 9.72. The van der Waals surface area contributed by atoms with E-state index < -0.39 is 24.5 Å². The lowest BCUT2D eigenvalue weighted by atomic mass is 10.0. The van der Waals surface area contributed by atoms with Crippen molar-refractivity contribution in [3.05, 3.63) is 28.7 Å². The Labute approximate surface area is 107 Å². The molecular weight excluding hydrogens is 290 g/mol. The number of halogens is 1. The monoisotopic (exact) mass is 303 g/mol. The van der Waals surface area contributed by atoms with E-state index in [1.54, 1.807) is 0 Å². The van der Waals surface area contributed by atoms with Crippen molar-refractivity contribution in [1.29, 1.82) is 0 Å². The molecule has 0 aliphatic carbocycles. The van der Waals surface area contributed by atoms with Crippen LogP contribution >= 0.6 is 15.9 Å². The number of ether oxygens (including phenoxy) is 1. The van der Waals surface area contributed by atoms with Crippen molar-refractivity contribution < 1.29 is 20.1 Å². The van der Waals surface area contributed by atoms with Crippen LogP contribution in [0.15, 0.2) is 28.7 Å². The smallest absolute Gasteiger partial charge is 0.156 e. The fourth-order valence-electron chi connectivity index (χ4n) is 1.64. The number of hydrogen-bond donors (Lipinski definition) is 4. The molecule has 1 aliphatic rings. The van der Waals surface area contributed by atoms with Crippen molar-refractivity contribution in [2.45, 2.75) is 24.5 Å². The van der Waals surface area contributed by atoms with Gasteiger partial charge < -0.3 is 25.4 Å². The summed E-state index contributed by atoms with van der Waals surface area (Å²) in [6.45, 7) is -0.00752. The van der Waals surface area contributed by atoms with Gasteiger partial charge in [0.05, 0.1) is 6.61 Å². The summed E-state index contributed by atoms with van der Waals surface area (Å²) in [5.74, 6) is 0. The first-order valence-electron chi connectivity index (χ1n) is 5.26. The molecule has 0 aromatic heterocycles. The van der Waals surface area contributed by atoms with Gasteiger partial charge in [0.15, 0.2) is 6.23 Å². The standard InChI is InChI=1S/C11H14BrNO4/c12-6-1-3-7(4-2-6)13-11-10(16)9(15)8(14)5-17-11/h1-4,8-11,13-16H,5H2/t8-,9-,10-,11+/m1/s1. The molecule has 1 aromatic rings. The summed E-state index contributed by atoms with van der Waals surface area (Å²) >= 11 is 3.32. The maximum Gasteiger partial charge on any atom is 0.156 e. The highest BCUT2D eigenvalue weighted by Gasteiger charge is 2.37. The average molecular weight is 304 g/mol. The quantitative estimate of drug-likeness (QED) is 0.632. The average Bonchev–Trinajstić information content (AvgIpc) is 2.33. The van der Waals surface area contributed by atoms with Gasteiger partial charge in [-0.3, -0.25) is 0 Å². The number of nitrogens with one attached hydrogen (secondary N) is 1. The van der Waals surface area contributed by atoms with Crippen molar-refractivity contribution in [2.24, 2.45) is 0 Å². The molecule has 1 aromatic carbocycles. The van der Waals surface area contributed by atoms with E-state index >= 15 is 0 Å². The maximum atomic E-state index is 9.72. The molecule has 1 aliphatic heterocycles. The molecule has 1 heterocycles. The molecule has 0 bridgehead atoms. The topological polar surface area (TPSA) is 82.0 Å². The van der Waals surface area contributed by atoms with Crippen molar-refractivity contribution in [1.82, 2.24) is 0 Å². The molecule has 2 rings (SSSR count). The Morgan fingerprint density at radius 2 is 1.76 bits per heavy atom. The largest absolute Gasteiger partial charge is 0.388 e. The zero-order chi connectivity index (χ0) is 12.4. The van der Waals surface area contributed by atoms with E-state index in [2.05, 4.69) is 21.2 Å². The minimum absolute atomic E-state index is 0.00752. The lowest BCUT2D eigenvalue weighted by Gasteiger charge is -2.35. The first-order valence-corrected chi connectivity index (χ1v) is 6.05. The van der Waals surface area contributed by atoms with Crippen LogP contribution < -0.4 is 5.32 Å². The number of rotatable bonds is 2. The second-order valence-corrected chi connectivity index (χ2v) is 4.87. The molecule has 4 atom stereocenters. The predicted molar refractivity (Wildman–Crippen MR) is 65.5 cm³/mol. The predicted octanol–water partition coefficient (Wildman–Crippen LogP) is 0.300. The number of anilines is 1. The van der Waals surface area contributed by atoms with Gasteiger partial charge >= 0.3 is 0 Å². The highest BCUT2D eigenvalue weighted by atomic mass is 79.9. The van der Waals surface area contributed by atoms with Gasteiger partial charge in [0.25, 0.3) is 0 Å². The highest BCUT2D eigenvalue weighted by molar-refractivity contribution is 9.10. The normalized spacial score (nSPS) is 33.4. The SMILES string of the molecule is O[C@@H]1[C@H](O)[C@H](O)CO[C@@H]1Nc1ccc(Br)cc1. The first-order chi connectivity index (χ1) is 8.08. The number of aliphatic hydroxyl groups is 3. The fourth-order valence-corrected chi connectivity index (χ4v) is 1.91. The van der Waals surface area contributed by atoms with Crippen LogP contribution in [0.3, 0.4) is 0 Å². The zero-order valence-corrected chi connectivity index (χ0v) is 10.5. The van der Waals surface area contributed by atoms with Gasteiger partial charge in [-0.15, -0.1) is 0 Å². The van der Waals surface area contributed by atoms with E-state index in [1.807, 2.05) is 24.3 Å². The molecule has 94 valence electrons. The molecular formula is C11H14BrNO4. The van der Waals surface area contributed by atoms with Crippen molar-refractivity contribution >= 4 is 21.6 Å². The van der Waals surface area contributed by atoms with Gasteiger partial charge in [-0.25, -0.2) is 0 Å². The Morgan fingerprint density at radius 3 is 2.41 bits per heavy atom. The Hall–Kier alpha value is -0.660. The van der Waals surface area contributed by atoms with Crippen LogP contribution in [0.5, 0.6) is 0 Å². The molecule has 6 heteroatoms. The Balaban J connectivity index is 2.01. The molecule has 5 nitrogen and oxygen atoms in total. The van der Waals surface area contributed by atoms with Crippen LogP contribution in [0.25, 0.3) is 0 Å². The van der Waals surface area contributed by atoms with E-state index in [4.69, 9.17) is 4.74 Å². The summed E-state index contributed by atoms with van der Waals surface area (Å²) in [4.78, 5) is 0. The van der Waals surface area contributed by atoms with Gasteiger partial charge in [-0.2, -0.15) is 0 Å². The van der Waals surface area contributed by atoms with Gasteiger partial charge in [0.1, 0.15) is 18.3 Å². The molecule has 0 unspecified atom stereocenters. The Kier molecular flexibility index (Phi) is 4.01. The van der Waals surface area contributed by atoms with E-state index in [0.717, 1.165) is 10.2 Å². The summed E-state index contributed by atoms with van der Waals surface area (Å²) < 4.78 is 6.17. The molecule has 0 radical (unpaired) electrons. The van der Waals surface area contributed by atoms with Crippen molar-refractivity contribution in [3.8, 4) is 0 Å². The lowest BCUT2D eigenvalue weighted by molar-refractivity contribution is -0.178. The minimum Gasteiger partial charge on any atom is -0.388 e. The minimum atomic E-state index is -1.20. The van der Waals surface area contributed by atoms with Crippen LogP contribution in [0.1, 0.15) is 0 Å². The fraction of sp³-hybridized carbons (Fsp3) is 0.455. The highest BCUT2D eigenvalue weighted by Crippen LogP contribution is 2.20. The Bertz CT molecular complexity index is 372. The van der Waals surface area contributed by atoms with Crippen molar-refractivity contribution in [3.63, 3.8) is 0 Å². The second-order valence-electron chi connectivity index (χ2n) is 3.95. The molecule has 0 spiro atoms. The molecule has 17 heavy (non-hydrogen) atoms. The zero-order valence-electron chi connectivity index (χ0n) is 8.95. The van der Waals surface area contributed by atoms with Crippen LogP contribution in [0.2, 0.25) is 0 Å². The third-order valence-electron chi connectivity index (χ3n) is 2.65. The van der Waals surface area contributed by atoms with Crippen molar-refractivity contribution in [2.75, 3.05) is 11.9 Å². The molecule has 1 fully saturated rings. The van der Waals surface area contributed by atoms with E-state index in [0.29, 0.717) is 0 Å². The second kappa shape index (κ2) is 5.32. The number of aliphatic hydroxyl groups excluding tert-OH is 3. The van der Waals surface area contributed by atoms with Crippen LogP contribution in [-0.2, 0) is 4.74 Å². The summed E-state index contributed by atoms with van der Waals surface area (Å²) in [7, 11) is 0. The lowest BCUT2D eigenvalue weighted by Crippen LogP contribution is -2.55. The summed E-state index contributed by atoms with van der Waals surface area (Å²) in [6, 6.07) is 7.33. The number of benzene rings is 1. The van der Waals surface area contributed by atoms with Crippen LogP contribution in [-0.4, -0.2) is 46.5 Å². The summed E-state index contributed by atoms with van der Waals surface area (Å²) in [5, 5.41) is 31.5. The third-order valence-corrected chi connectivity index (χ3v) is 3.18. The molecule has 0 amide bonds. The van der Waals surface area contributed by atoms with E-state index in [-0.39, 0.29) is 6.61 Å². The van der Waals surface area contributed by atoms with E-state index in [1.165, 1.54) is 0 Å². The van der Waals surface area contributed by atoms with E-state index in [9.17, 15) is 15.3 Å². The first kappa shape index (κ1) is 12.8. The van der Waals surface area contributed by atoms with Crippen LogP contribution in [0, 0.1) is 0 Å². The van der Waals surface area contributed by atoms with Gasteiger partial charge in [0.2, 0.25) is 0 Å². The summed E-state index contributed by atoms with van der Waals surface area (Å²) in [6.07, 6.45) is -4.14. The number of hydrogen-bond acceptors (Lipinski definition) is 5. The van der Waals surface area contributed by atoms with Gasteiger partial charge in [-0.1, -0.05) is 15.9 Å². The van der Waals surface area contributed by atoms with Crippen LogP contribution in [0.4, 0.5) is 5.69 Å².